The molecule has 0 aromatic carbocycles. The predicted octanol–water partition coefficient (Wildman–Crippen LogP) is 3.96. The molecule has 0 amide bonds. The minimum atomic E-state index is 0.489. The van der Waals surface area contributed by atoms with Crippen LogP contribution in [0.5, 0.6) is 0 Å². The highest BCUT2D eigenvalue weighted by atomic mass is 79.9. The van der Waals surface area contributed by atoms with Gasteiger partial charge in [0.25, 0.3) is 0 Å². The van der Waals surface area contributed by atoms with Crippen molar-refractivity contribution in [2.24, 2.45) is 0 Å². The topological polar surface area (TPSA) is 12.0 Å². The molecule has 0 bridgehead atoms. The van der Waals surface area contributed by atoms with E-state index in [-0.39, 0.29) is 0 Å². The summed E-state index contributed by atoms with van der Waals surface area (Å²) in [5, 5.41) is 3.50. The maximum absolute atomic E-state index is 3.50. The Morgan fingerprint density at radius 2 is 2.31 bits per heavy atom. The lowest BCUT2D eigenvalue weighted by Gasteiger charge is -2.10. The molecule has 0 unspecified atom stereocenters. The van der Waals surface area contributed by atoms with E-state index in [2.05, 4.69) is 47.2 Å². The van der Waals surface area contributed by atoms with Crippen molar-refractivity contribution in [2.45, 2.75) is 32.7 Å². The number of halogens is 1. The van der Waals surface area contributed by atoms with E-state index < -0.39 is 0 Å². The Balaban J connectivity index is 2.35. The van der Waals surface area contributed by atoms with E-state index in [1.165, 1.54) is 21.5 Å². The fourth-order valence-corrected chi connectivity index (χ4v) is 2.61. The molecule has 0 aliphatic rings. The fraction of sp³-hybridized carbons (Fsp3) is 0.600. The number of hydrogen-bond acceptors (Lipinski definition) is 2. The number of rotatable bonds is 5. The number of hydrogen-bond donors (Lipinski definition) is 1. The maximum atomic E-state index is 3.50. The largest absolute Gasteiger partial charge is 0.309 e. The third kappa shape index (κ3) is 3.79. The van der Waals surface area contributed by atoms with Gasteiger partial charge in [0.1, 0.15) is 0 Å². The van der Waals surface area contributed by atoms with Gasteiger partial charge in [-0.3, -0.25) is 0 Å². The second-order valence-electron chi connectivity index (χ2n) is 3.17. The SMILES string of the molecule is CCCCN[C@H](C)c1ccc(Br)s1. The third-order valence-corrected chi connectivity index (χ3v) is 3.81. The summed E-state index contributed by atoms with van der Waals surface area (Å²) < 4.78 is 1.21. The van der Waals surface area contributed by atoms with Gasteiger partial charge in [-0.05, 0) is 48.0 Å². The van der Waals surface area contributed by atoms with Gasteiger partial charge in [-0.15, -0.1) is 11.3 Å². The molecule has 0 aliphatic heterocycles. The zero-order valence-corrected chi connectivity index (χ0v) is 10.5. The summed E-state index contributed by atoms with van der Waals surface area (Å²) in [6.45, 7) is 5.55. The molecule has 13 heavy (non-hydrogen) atoms. The van der Waals surface area contributed by atoms with Crippen molar-refractivity contribution in [1.82, 2.24) is 5.32 Å². The van der Waals surface area contributed by atoms with Crippen LogP contribution in [0.3, 0.4) is 0 Å². The Hall–Kier alpha value is 0.140. The number of unbranched alkanes of at least 4 members (excludes halogenated alkanes) is 1. The van der Waals surface area contributed by atoms with Crippen LogP contribution < -0.4 is 5.32 Å². The van der Waals surface area contributed by atoms with E-state index in [4.69, 9.17) is 0 Å². The molecule has 1 aromatic heterocycles. The highest BCUT2D eigenvalue weighted by Crippen LogP contribution is 2.26. The minimum Gasteiger partial charge on any atom is -0.309 e. The van der Waals surface area contributed by atoms with E-state index in [1.54, 1.807) is 0 Å². The summed E-state index contributed by atoms with van der Waals surface area (Å²) in [5.74, 6) is 0. The van der Waals surface area contributed by atoms with Crippen molar-refractivity contribution in [3.05, 3.63) is 20.8 Å². The van der Waals surface area contributed by atoms with Crippen LogP contribution in [0.25, 0.3) is 0 Å². The Morgan fingerprint density at radius 3 is 2.85 bits per heavy atom. The van der Waals surface area contributed by atoms with Gasteiger partial charge in [0.15, 0.2) is 0 Å². The second kappa shape index (κ2) is 5.78. The van der Waals surface area contributed by atoms with E-state index in [0.717, 1.165) is 6.54 Å². The molecular weight excluding hydrogens is 246 g/mol. The van der Waals surface area contributed by atoms with Crippen LogP contribution >= 0.6 is 27.3 Å². The molecule has 0 saturated carbocycles. The molecule has 0 fully saturated rings. The molecule has 1 atom stereocenters. The standard InChI is InChI=1S/C10H16BrNS/c1-3-4-7-12-8(2)9-5-6-10(11)13-9/h5-6,8,12H,3-4,7H2,1-2H3/t8-/m1/s1. The molecule has 0 radical (unpaired) electrons. The van der Waals surface area contributed by atoms with Crippen LogP contribution in [0.1, 0.15) is 37.6 Å². The molecule has 1 nitrogen and oxygen atoms in total. The maximum Gasteiger partial charge on any atom is 0.0701 e. The van der Waals surface area contributed by atoms with E-state index in [1.807, 2.05) is 11.3 Å². The molecule has 0 spiro atoms. The van der Waals surface area contributed by atoms with Gasteiger partial charge in [-0.25, -0.2) is 0 Å². The van der Waals surface area contributed by atoms with Crippen molar-refractivity contribution >= 4 is 27.3 Å². The number of nitrogens with one attached hydrogen (secondary N) is 1. The molecule has 1 N–H and O–H groups in total. The normalized spacial score (nSPS) is 13.2. The zero-order valence-electron chi connectivity index (χ0n) is 8.14. The minimum absolute atomic E-state index is 0.489. The lowest BCUT2D eigenvalue weighted by molar-refractivity contribution is 0.561. The van der Waals surface area contributed by atoms with E-state index in [0.29, 0.717) is 6.04 Å². The van der Waals surface area contributed by atoms with Crippen LogP contribution in [0.2, 0.25) is 0 Å². The lowest BCUT2D eigenvalue weighted by Crippen LogP contribution is -2.18. The molecule has 1 heterocycles. The van der Waals surface area contributed by atoms with Crippen molar-refractivity contribution in [3.8, 4) is 0 Å². The van der Waals surface area contributed by atoms with Crippen molar-refractivity contribution in [2.75, 3.05) is 6.54 Å². The molecule has 1 aromatic rings. The Morgan fingerprint density at radius 1 is 1.54 bits per heavy atom. The smallest absolute Gasteiger partial charge is 0.0701 e. The van der Waals surface area contributed by atoms with Crippen LogP contribution in [0.15, 0.2) is 15.9 Å². The monoisotopic (exact) mass is 261 g/mol. The van der Waals surface area contributed by atoms with E-state index in [9.17, 15) is 0 Å². The first kappa shape index (κ1) is 11.2. The van der Waals surface area contributed by atoms with E-state index >= 15 is 0 Å². The highest BCUT2D eigenvalue weighted by molar-refractivity contribution is 9.11. The Bertz CT molecular complexity index is 247. The summed E-state index contributed by atoms with van der Waals surface area (Å²) in [6, 6.07) is 4.78. The van der Waals surface area contributed by atoms with Crippen LogP contribution in [-0.4, -0.2) is 6.54 Å². The van der Waals surface area contributed by atoms with Gasteiger partial charge < -0.3 is 5.32 Å². The molecular formula is C10H16BrNS. The first-order valence-electron chi connectivity index (χ1n) is 4.72. The van der Waals surface area contributed by atoms with Crippen LogP contribution in [-0.2, 0) is 0 Å². The Kier molecular flexibility index (Phi) is 4.99. The van der Waals surface area contributed by atoms with Gasteiger partial charge in [0.2, 0.25) is 0 Å². The summed E-state index contributed by atoms with van der Waals surface area (Å²) in [6.07, 6.45) is 2.52. The highest BCUT2D eigenvalue weighted by Gasteiger charge is 2.05. The van der Waals surface area contributed by atoms with Gasteiger partial charge in [-0.2, -0.15) is 0 Å². The zero-order chi connectivity index (χ0) is 9.68. The van der Waals surface area contributed by atoms with Crippen molar-refractivity contribution in [3.63, 3.8) is 0 Å². The van der Waals surface area contributed by atoms with Crippen molar-refractivity contribution in [1.29, 1.82) is 0 Å². The first-order valence-corrected chi connectivity index (χ1v) is 6.33. The third-order valence-electron chi connectivity index (χ3n) is 2.00. The van der Waals surface area contributed by atoms with Crippen molar-refractivity contribution < 1.29 is 0 Å². The second-order valence-corrected chi connectivity index (χ2v) is 5.67. The molecule has 74 valence electrons. The van der Waals surface area contributed by atoms with Gasteiger partial charge in [0.05, 0.1) is 3.79 Å². The lowest BCUT2D eigenvalue weighted by atomic mass is 10.2. The number of thiophene rings is 1. The van der Waals surface area contributed by atoms with Gasteiger partial charge in [0, 0.05) is 10.9 Å². The predicted molar refractivity (Wildman–Crippen MR) is 63.3 cm³/mol. The van der Waals surface area contributed by atoms with Crippen LogP contribution in [0, 0.1) is 0 Å². The summed E-state index contributed by atoms with van der Waals surface area (Å²) >= 11 is 5.28. The van der Waals surface area contributed by atoms with Gasteiger partial charge in [-0.1, -0.05) is 13.3 Å². The summed E-state index contributed by atoms with van der Waals surface area (Å²) in [4.78, 5) is 1.41. The Labute approximate surface area is 92.7 Å². The first-order chi connectivity index (χ1) is 6.24. The molecule has 3 heteroatoms. The summed E-state index contributed by atoms with van der Waals surface area (Å²) in [5.41, 5.74) is 0. The average molecular weight is 262 g/mol. The van der Waals surface area contributed by atoms with Crippen LogP contribution in [0.4, 0.5) is 0 Å². The quantitative estimate of drug-likeness (QED) is 0.792. The molecule has 0 saturated heterocycles. The molecule has 0 aliphatic carbocycles. The average Bonchev–Trinajstić information content (AvgIpc) is 2.52. The fourth-order valence-electron chi connectivity index (χ4n) is 1.16. The summed E-state index contributed by atoms with van der Waals surface area (Å²) in [7, 11) is 0. The van der Waals surface area contributed by atoms with Gasteiger partial charge >= 0.3 is 0 Å². The molecule has 1 rings (SSSR count).